The SMILES string of the molecule is C=CN(/C=C(/C)N)c1ccc(/C=C2\OC3(COC3)CN3C2=NOCC3c2cc(F)cc(F)c2)cc1OC. The highest BCUT2D eigenvalue weighted by atomic mass is 19.1. The van der Waals surface area contributed by atoms with Gasteiger partial charge in [0.1, 0.15) is 24.0 Å². The average Bonchev–Trinajstić information content (AvgIpc) is 2.85. The van der Waals surface area contributed by atoms with Gasteiger partial charge < -0.3 is 34.6 Å². The second-order valence-corrected chi connectivity index (χ2v) is 9.24. The number of rotatable bonds is 6. The molecule has 8 nitrogen and oxygen atoms in total. The van der Waals surface area contributed by atoms with Crippen LogP contribution in [0.1, 0.15) is 24.1 Å². The molecule has 2 aromatic rings. The van der Waals surface area contributed by atoms with E-state index in [0.717, 1.165) is 17.3 Å². The standard InChI is InChI=1S/C27H28F2N4O4/c1-4-32(12-17(2)30)22-6-5-18(7-24(22)34-3)8-25-26-31-36-13-23(19-9-20(28)11-21(29)10-19)33(26)14-27(37-25)15-35-16-27/h4-12,23H,1,13-16,30H2,2-3H3/b17-12-,25-8-. The maximum atomic E-state index is 14.0. The summed E-state index contributed by atoms with van der Waals surface area (Å²) < 4.78 is 45.6. The van der Waals surface area contributed by atoms with Crippen LogP contribution < -0.4 is 15.4 Å². The Labute approximate surface area is 213 Å². The van der Waals surface area contributed by atoms with E-state index in [0.29, 0.717) is 48.4 Å². The molecular formula is C27H28F2N4O4. The zero-order valence-electron chi connectivity index (χ0n) is 20.6. The number of oxime groups is 1. The maximum absolute atomic E-state index is 14.0. The van der Waals surface area contributed by atoms with Crippen molar-refractivity contribution in [1.82, 2.24) is 4.90 Å². The molecule has 3 heterocycles. The van der Waals surface area contributed by atoms with Gasteiger partial charge in [-0.15, -0.1) is 0 Å². The Morgan fingerprint density at radius 3 is 2.62 bits per heavy atom. The molecule has 2 saturated heterocycles. The quantitative estimate of drug-likeness (QED) is 0.622. The number of benzene rings is 2. The van der Waals surface area contributed by atoms with Crippen molar-refractivity contribution in [2.45, 2.75) is 18.6 Å². The Morgan fingerprint density at radius 1 is 1.24 bits per heavy atom. The lowest BCUT2D eigenvalue weighted by molar-refractivity contribution is -0.204. The van der Waals surface area contributed by atoms with E-state index >= 15 is 0 Å². The highest BCUT2D eigenvalue weighted by molar-refractivity contribution is 6.01. The Morgan fingerprint density at radius 2 is 2.00 bits per heavy atom. The number of ether oxygens (including phenoxy) is 3. The third kappa shape index (κ3) is 4.84. The molecule has 37 heavy (non-hydrogen) atoms. The lowest BCUT2D eigenvalue weighted by atomic mass is 9.94. The largest absolute Gasteiger partial charge is 0.495 e. The molecule has 0 bridgehead atoms. The van der Waals surface area contributed by atoms with Gasteiger partial charge in [0.25, 0.3) is 0 Å². The molecule has 2 aromatic carbocycles. The molecule has 0 saturated carbocycles. The number of amidine groups is 1. The van der Waals surface area contributed by atoms with Crippen LogP contribution in [0.5, 0.6) is 5.75 Å². The van der Waals surface area contributed by atoms with Crippen LogP contribution in [-0.4, -0.2) is 49.8 Å². The van der Waals surface area contributed by atoms with Gasteiger partial charge >= 0.3 is 0 Å². The first kappa shape index (κ1) is 24.6. The van der Waals surface area contributed by atoms with E-state index in [2.05, 4.69) is 11.7 Å². The Hall–Kier alpha value is -4.05. The van der Waals surface area contributed by atoms with Gasteiger partial charge in [0.15, 0.2) is 11.4 Å². The number of methoxy groups -OCH3 is 1. The van der Waals surface area contributed by atoms with Crippen LogP contribution >= 0.6 is 0 Å². The third-order valence-corrected chi connectivity index (χ3v) is 6.36. The van der Waals surface area contributed by atoms with Crippen molar-refractivity contribution in [3.05, 3.63) is 89.6 Å². The topological polar surface area (TPSA) is 81.8 Å². The molecule has 3 aliphatic heterocycles. The number of halogens is 2. The monoisotopic (exact) mass is 510 g/mol. The number of hydrogen-bond acceptors (Lipinski definition) is 8. The Kier molecular flexibility index (Phi) is 6.51. The molecule has 1 atom stereocenters. The van der Waals surface area contributed by atoms with E-state index in [4.69, 9.17) is 24.8 Å². The van der Waals surface area contributed by atoms with E-state index in [9.17, 15) is 8.78 Å². The molecule has 194 valence electrons. The van der Waals surface area contributed by atoms with Crippen LogP contribution in [-0.2, 0) is 14.3 Å². The van der Waals surface area contributed by atoms with Crippen molar-refractivity contribution < 1.29 is 27.8 Å². The first-order chi connectivity index (χ1) is 17.8. The van der Waals surface area contributed by atoms with Crippen molar-refractivity contribution in [2.75, 3.05) is 38.4 Å². The van der Waals surface area contributed by atoms with E-state index in [1.54, 1.807) is 31.3 Å². The van der Waals surface area contributed by atoms with Crippen LogP contribution in [0, 0.1) is 11.6 Å². The van der Waals surface area contributed by atoms with Crippen molar-refractivity contribution >= 4 is 17.6 Å². The number of fused-ring (bicyclic) bond motifs is 1. The van der Waals surface area contributed by atoms with Gasteiger partial charge in [0.2, 0.25) is 5.84 Å². The molecule has 10 heteroatoms. The minimum Gasteiger partial charge on any atom is -0.495 e. The third-order valence-electron chi connectivity index (χ3n) is 6.36. The molecule has 1 spiro atoms. The first-order valence-electron chi connectivity index (χ1n) is 11.7. The molecule has 3 aliphatic rings. The fourth-order valence-electron chi connectivity index (χ4n) is 4.66. The number of anilines is 1. The van der Waals surface area contributed by atoms with Crippen LogP contribution in [0.15, 0.2) is 72.0 Å². The van der Waals surface area contributed by atoms with Crippen molar-refractivity contribution in [1.29, 1.82) is 0 Å². The van der Waals surface area contributed by atoms with E-state index in [-0.39, 0.29) is 6.61 Å². The molecule has 0 aromatic heterocycles. The minimum absolute atomic E-state index is 0.143. The van der Waals surface area contributed by atoms with Gasteiger partial charge in [-0.25, -0.2) is 8.78 Å². The van der Waals surface area contributed by atoms with Crippen LogP contribution in [0.25, 0.3) is 6.08 Å². The molecule has 5 rings (SSSR count). The Balaban J connectivity index is 1.52. The number of nitrogens with zero attached hydrogens (tertiary/aromatic N) is 3. The molecule has 0 amide bonds. The summed E-state index contributed by atoms with van der Waals surface area (Å²) in [6.45, 7) is 6.99. The number of hydrogen-bond donors (Lipinski definition) is 1. The second-order valence-electron chi connectivity index (χ2n) is 9.24. The summed E-state index contributed by atoms with van der Waals surface area (Å²) in [6.07, 6.45) is 5.21. The summed E-state index contributed by atoms with van der Waals surface area (Å²) >= 11 is 0. The van der Waals surface area contributed by atoms with Gasteiger partial charge in [-0.05, 0) is 48.4 Å². The molecule has 0 radical (unpaired) electrons. The predicted molar refractivity (Wildman–Crippen MR) is 135 cm³/mol. The fourth-order valence-corrected chi connectivity index (χ4v) is 4.66. The summed E-state index contributed by atoms with van der Waals surface area (Å²) in [5.41, 5.74) is 7.86. The van der Waals surface area contributed by atoms with Gasteiger partial charge in [-0.1, -0.05) is 17.8 Å². The predicted octanol–water partition coefficient (Wildman–Crippen LogP) is 4.27. The highest BCUT2D eigenvalue weighted by Crippen LogP contribution is 2.40. The Bertz CT molecular complexity index is 1280. The summed E-state index contributed by atoms with van der Waals surface area (Å²) in [6, 6.07) is 8.67. The normalized spacial score (nSPS) is 21.4. The number of morpholine rings is 1. The van der Waals surface area contributed by atoms with Gasteiger partial charge in [-0.3, -0.25) is 0 Å². The van der Waals surface area contributed by atoms with E-state index in [1.807, 2.05) is 29.2 Å². The van der Waals surface area contributed by atoms with Crippen LogP contribution in [0.3, 0.4) is 0 Å². The highest BCUT2D eigenvalue weighted by Gasteiger charge is 2.51. The summed E-state index contributed by atoms with van der Waals surface area (Å²) in [4.78, 5) is 9.25. The van der Waals surface area contributed by atoms with E-state index < -0.39 is 23.3 Å². The molecule has 2 fully saturated rings. The van der Waals surface area contributed by atoms with E-state index in [1.165, 1.54) is 12.1 Å². The fraction of sp³-hybridized carbons (Fsp3) is 0.296. The maximum Gasteiger partial charge on any atom is 0.211 e. The van der Waals surface area contributed by atoms with Crippen molar-refractivity contribution in [2.24, 2.45) is 10.9 Å². The summed E-state index contributed by atoms with van der Waals surface area (Å²) in [5, 5.41) is 4.25. The van der Waals surface area contributed by atoms with Gasteiger partial charge in [0.05, 0.1) is 38.6 Å². The first-order valence-corrected chi connectivity index (χ1v) is 11.7. The lowest BCUT2D eigenvalue weighted by Gasteiger charge is -2.52. The summed E-state index contributed by atoms with van der Waals surface area (Å²) in [7, 11) is 1.58. The summed E-state index contributed by atoms with van der Waals surface area (Å²) in [5.74, 6) is 0.201. The second kappa shape index (κ2) is 9.78. The van der Waals surface area contributed by atoms with Crippen LogP contribution in [0.4, 0.5) is 14.5 Å². The zero-order valence-corrected chi connectivity index (χ0v) is 20.6. The average molecular weight is 511 g/mol. The van der Waals surface area contributed by atoms with Crippen molar-refractivity contribution in [3.8, 4) is 5.75 Å². The van der Waals surface area contributed by atoms with Crippen molar-refractivity contribution in [3.63, 3.8) is 0 Å². The molecule has 2 N–H and O–H groups in total. The van der Waals surface area contributed by atoms with Crippen LogP contribution in [0.2, 0.25) is 0 Å². The molecule has 1 unspecified atom stereocenters. The molecular weight excluding hydrogens is 482 g/mol. The molecule has 0 aliphatic carbocycles. The van der Waals surface area contributed by atoms with Gasteiger partial charge in [-0.2, -0.15) is 0 Å². The lowest BCUT2D eigenvalue weighted by Crippen LogP contribution is -2.64. The number of allylic oxidation sites excluding steroid dienone is 1. The number of nitrogens with two attached hydrogens (primary N) is 1. The minimum atomic E-state index is -0.648. The smallest absolute Gasteiger partial charge is 0.211 e. The zero-order chi connectivity index (χ0) is 26.2. The van der Waals surface area contributed by atoms with Gasteiger partial charge in [0, 0.05) is 24.2 Å².